The monoisotopic (exact) mass is 378 g/mol. The van der Waals surface area contributed by atoms with Gasteiger partial charge in [0.05, 0.1) is 23.8 Å². The summed E-state index contributed by atoms with van der Waals surface area (Å²) in [4.78, 5) is 20.1. The number of nitrogens with zero attached hydrogens (tertiary/aromatic N) is 5. The lowest BCUT2D eigenvalue weighted by Gasteiger charge is -2.26. The highest BCUT2D eigenvalue weighted by Crippen LogP contribution is 2.24. The van der Waals surface area contributed by atoms with Gasteiger partial charge in [0.15, 0.2) is 5.65 Å². The van der Waals surface area contributed by atoms with Crippen molar-refractivity contribution in [3.05, 3.63) is 63.7 Å². The highest BCUT2D eigenvalue weighted by Gasteiger charge is 2.23. The molecule has 0 bridgehead atoms. The molecule has 4 aromatic heterocycles. The molecular weight excluding hydrogens is 356 g/mol. The number of aromatic amines is 1. The average Bonchev–Trinajstić information content (AvgIpc) is 3.41. The van der Waals surface area contributed by atoms with Gasteiger partial charge in [-0.2, -0.15) is 5.10 Å². The largest absolute Gasteiger partial charge is 0.469 e. The van der Waals surface area contributed by atoms with E-state index >= 15 is 0 Å². The zero-order valence-electron chi connectivity index (χ0n) is 16.0. The van der Waals surface area contributed by atoms with Crippen LogP contribution >= 0.6 is 0 Å². The molecule has 0 atom stereocenters. The molecule has 8 heteroatoms. The van der Waals surface area contributed by atoms with E-state index in [0.29, 0.717) is 18.6 Å². The van der Waals surface area contributed by atoms with Crippen molar-refractivity contribution < 1.29 is 4.42 Å². The van der Waals surface area contributed by atoms with Crippen LogP contribution in [0.25, 0.3) is 16.9 Å². The fourth-order valence-corrected chi connectivity index (χ4v) is 3.90. The van der Waals surface area contributed by atoms with E-state index in [2.05, 4.69) is 28.2 Å². The maximum Gasteiger partial charge on any atom is 0.276 e. The van der Waals surface area contributed by atoms with Crippen LogP contribution in [-0.4, -0.2) is 35.8 Å². The number of furan rings is 1. The Morgan fingerprint density at radius 1 is 1.36 bits per heavy atom. The molecule has 5 heterocycles. The minimum atomic E-state index is -0.00847. The Labute approximate surface area is 161 Å². The topological polar surface area (TPSA) is 84.4 Å². The fraction of sp³-hybridized carbons (Fsp3) is 0.350. The van der Waals surface area contributed by atoms with Crippen LogP contribution in [-0.2, 0) is 26.1 Å². The molecule has 0 radical (unpaired) electrons. The number of hydrogen-bond acceptors (Lipinski definition) is 5. The van der Waals surface area contributed by atoms with Gasteiger partial charge in [-0.1, -0.05) is 0 Å². The minimum absolute atomic E-state index is 0.00847. The summed E-state index contributed by atoms with van der Waals surface area (Å²) in [7, 11) is 0. The van der Waals surface area contributed by atoms with Gasteiger partial charge in [0.1, 0.15) is 5.76 Å². The van der Waals surface area contributed by atoms with Gasteiger partial charge in [0.25, 0.3) is 5.56 Å². The number of aromatic nitrogens is 5. The minimum Gasteiger partial charge on any atom is -0.469 e. The number of fused-ring (bicyclic) bond motifs is 2. The molecule has 0 fully saturated rings. The summed E-state index contributed by atoms with van der Waals surface area (Å²) >= 11 is 0. The second-order valence-electron chi connectivity index (χ2n) is 7.26. The van der Waals surface area contributed by atoms with Crippen molar-refractivity contribution in [1.82, 2.24) is 29.3 Å². The van der Waals surface area contributed by atoms with Crippen molar-refractivity contribution in [3.63, 3.8) is 0 Å². The van der Waals surface area contributed by atoms with Gasteiger partial charge in [0, 0.05) is 55.1 Å². The molecule has 0 saturated carbocycles. The number of rotatable bonds is 4. The number of nitrogens with one attached hydrogen (secondary N) is 1. The molecule has 1 aliphatic heterocycles. The normalized spacial score (nSPS) is 14.6. The van der Waals surface area contributed by atoms with E-state index < -0.39 is 0 Å². The Hall–Kier alpha value is -3.13. The first-order valence-corrected chi connectivity index (χ1v) is 9.54. The van der Waals surface area contributed by atoms with Gasteiger partial charge < -0.3 is 4.42 Å². The third-order valence-electron chi connectivity index (χ3n) is 5.41. The summed E-state index contributed by atoms with van der Waals surface area (Å²) < 4.78 is 8.86. The summed E-state index contributed by atoms with van der Waals surface area (Å²) in [5, 5.41) is 7.52. The maximum atomic E-state index is 13.0. The quantitative estimate of drug-likeness (QED) is 0.589. The first-order chi connectivity index (χ1) is 13.6. The Morgan fingerprint density at radius 2 is 2.25 bits per heavy atom. The van der Waals surface area contributed by atoms with Crippen LogP contribution in [0.1, 0.15) is 29.5 Å². The Balaban J connectivity index is 1.47. The molecule has 0 unspecified atom stereocenters. The summed E-state index contributed by atoms with van der Waals surface area (Å²) in [6.07, 6.45) is 6.34. The third kappa shape index (κ3) is 2.77. The molecule has 5 rings (SSSR count). The van der Waals surface area contributed by atoms with Crippen molar-refractivity contribution in [2.45, 2.75) is 39.9 Å². The SMILES string of the molecule is CCn1cc(CN2CCc3c(nc4cc(-c5ccoc5C)[nH]n4c3=O)C2)cn1. The Bertz CT molecular complexity index is 1210. The highest BCUT2D eigenvalue weighted by atomic mass is 16.3. The first kappa shape index (κ1) is 17.0. The van der Waals surface area contributed by atoms with Crippen LogP contribution in [0.5, 0.6) is 0 Å². The number of H-pyrrole nitrogens is 1. The van der Waals surface area contributed by atoms with E-state index in [0.717, 1.165) is 47.9 Å². The average molecular weight is 378 g/mol. The standard InChI is InChI=1S/C20H22N6O2/c1-3-25-11-14(9-21-25)10-24-6-4-16-18(12-24)22-19-8-17(23-26(19)20(16)27)15-5-7-28-13(15)2/h5,7-9,11,23H,3-4,6,10,12H2,1-2H3. The summed E-state index contributed by atoms with van der Waals surface area (Å²) in [6.45, 7) is 7.16. The molecule has 0 aromatic carbocycles. The van der Waals surface area contributed by atoms with Gasteiger partial charge in [-0.05, 0) is 26.3 Å². The van der Waals surface area contributed by atoms with Gasteiger partial charge >= 0.3 is 0 Å². The van der Waals surface area contributed by atoms with Crippen LogP contribution < -0.4 is 5.56 Å². The van der Waals surface area contributed by atoms with Crippen molar-refractivity contribution in [1.29, 1.82) is 0 Å². The molecule has 28 heavy (non-hydrogen) atoms. The lowest BCUT2D eigenvalue weighted by Crippen LogP contribution is -2.35. The summed E-state index contributed by atoms with van der Waals surface area (Å²) in [6, 6.07) is 3.80. The fourth-order valence-electron chi connectivity index (χ4n) is 3.90. The predicted octanol–water partition coefficient (Wildman–Crippen LogP) is 2.37. The molecule has 1 N–H and O–H groups in total. The van der Waals surface area contributed by atoms with E-state index in [1.165, 1.54) is 5.56 Å². The smallest absolute Gasteiger partial charge is 0.276 e. The van der Waals surface area contributed by atoms with Crippen molar-refractivity contribution in [2.24, 2.45) is 0 Å². The van der Waals surface area contributed by atoms with Crippen molar-refractivity contribution in [3.8, 4) is 11.3 Å². The van der Waals surface area contributed by atoms with E-state index in [1.807, 2.05) is 29.9 Å². The molecule has 8 nitrogen and oxygen atoms in total. The molecule has 0 saturated heterocycles. The molecule has 4 aromatic rings. The highest BCUT2D eigenvalue weighted by molar-refractivity contribution is 5.65. The number of hydrogen-bond donors (Lipinski definition) is 1. The first-order valence-electron chi connectivity index (χ1n) is 9.54. The molecule has 0 amide bonds. The van der Waals surface area contributed by atoms with Crippen LogP contribution in [0, 0.1) is 6.92 Å². The lowest BCUT2D eigenvalue weighted by atomic mass is 10.1. The van der Waals surface area contributed by atoms with Crippen molar-refractivity contribution >= 4 is 5.65 Å². The predicted molar refractivity (Wildman–Crippen MR) is 104 cm³/mol. The lowest BCUT2D eigenvalue weighted by molar-refractivity contribution is 0.240. The van der Waals surface area contributed by atoms with Crippen LogP contribution in [0.2, 0.25) is 0 Å². The van der Waals surface area contributed by atoms with E-state index in [9.17, 15) is 4.79 Å². The van der Waals surface area contributed by atoms with Crippen LogP contribution in [0.15, 0.2) is 40.0 Å². The van der Waals surface area contributed by atoms with E-state index in [1.54, 1.807) is 10.8 Å². The summed E-state index contributed by atoms with van der Waals surface area (Å²) in [5.41, 5.74) is 5.26. The van der Waals surface area contributed by atoms with Crippen molar-refractivity contribution in [2.75, 3.05) is 6.54 Å². The number of aryl methyl sites for hydroxylation is 2. The second kappa shape index (κ2) is 6.49. The van der Waals surface area contributed by atoms with Gasteiger partial charge in [-0.25, -0.2) is 9.50 Å². The third-order valence-corrected chi connectivity index (χ3v) is 5.41. The molecule has 0 spiro atoms. The molecule has 0 aliphatic carbocycles. The zero-order chi connectivity index (χ0) is 19.3. The van der Waals surface area contributed by atoms with E-state index in [4.69, 9.17) is 9.40 Å². The molecular formula is C20H22N6O2. The zero-order valence-corrected chi connectivity index (χ0v) is 16.0. The molecule has 144 valence electrons. The van der Waals surface area contributed by atoms with Gasteiger partial charge in [0.2, 0.25) is 0 Å². The van der Waals surface area contributed by atoms with E-state index in [-0.39, 0.29) is 5.56 Å². The Morgan fingerprint density at radius 3 is 3.00 bits per heavy atom. The van der Waals surface area contributed by atoms with Crippen LogP contribution in [0.3, 0.4) is 0 Å². The van der Waals surface area contributed by atoms with Gasteiger partial charge in [-0.15, -0.1) is 0 Å². The second-order valence-corrected chi connectivity index (χ2v) is 7.26. The molecule has 1 aliphatic rings. The van der Waals surface area contributed by atoms with Crippen LogP contribution in [0.4, 0.5) is 0 Å². The summed E-state index contributed by atoms with van der Waals surface area (Å²) in [5.74, 6) is 0.808. The Kier molecular flexibility index (Phi) is 3.94. The maximum absolute atomic E-state index is 13.0. The van der Waals surface area contributed by atoms with Gasteiger partial charge in [-0.3, -0.25) is 19.5 Å².